The Labute approximate surface area is 150 Å². The van der Waals surface area contributed by atoms with Crippen LogP contribution in [0.15, 0.2) is 24.3 Å². The lowest BCUT2D eigenvalue weighted by Gasteiger charge is -2.14. The van der Waals surface area contributed by atoms with Gasteiger partial charge in [0.2, 0.25) is 5.91 Å². The highest BCUT2D eigenvalue weighted by Gasteiger charge is 2.17. The van der Waals surface area contributed by atoms with Crippen molar-refractivity contribution >= 4 is 28.9 Å². The van der Waals surface area contributed by atoms with Gasteiger partial charge in [-0.05, 0) is 44.0 Å². The van der Waals surface area contributed by atoms with Crippen molar-refractivity contribution in [2.24, 2.45) is 0 Å². The van der Waals surface area contributed by atoms with Crippen LogP contribution in [-0.4, -0.2) is 31.2 Å². The molecule has 0 saturated heterocycles. The van der Waals surface area contributed by atoms with Gasteiger partial charge in [0.15, 0.2) is 11.5 Å². The molecule has 1 amide bonds. The molecule has 2 N–H and O–H groups in total. The van der Waals surface area contributed by atoms with E-state index in [2.05, 4.69) is 24.4 Å². The lowest BCUT2D eigenvalue weighted by atomic mass is 10.1. The minimum Gasteiger partial charge on any atom is -0.493 e. The molecule has 0 aliphatic heterocycles. The van der Waals surface area contributed by atoms with Gasteiger partial charge < -0.3 is 19.9 Å². The molecule has 0 aliphatic rings. The molecule has 0 saturated carbocycles. The van der Waals surface area contributed by atoms with Crippen molar-refractivity contribution in [1.82, 2.24) is 0 Å². The maximum absolute atomic E-state index is 12.2. The zero-order chi connectivity index (χ0) is 18.4. The predicted octanol–water partition coefficient (Wildman–Crippen LogP) is 3.73. The van der Waals surface area contributed by atoms with Gasteiger partial charge in [0, 0.05) is 16.2 Å². The van der Waals surface area contributed by atoms with Crippen LogP contribution in [0.2, 0.25) is 0 Å². The van der Waals surface area contributed by atoms with Crippen molar-refractivity contribution in [2.75, 3.05) is 19.5 Å². The fourth-order valence-electron chi connectivity index (χ4n) is 2.44. The first-order valence-corrected chi connectivity index (χ1v) is 8.60. The molecule has 0 radical (unpaired) electrons. The summed E-state index contributed by atoms with van der Waals surface area (Å²) in [5.41, 5.74) is 0.304. The number of benzene rings is 1. The maximum Gasteiger partial charge on any atom is 0.335 e. The number of carbonyl (C=O) groups excluding carboxylic acids is 1. The van der Waals surface area contributed by atoms with Crippen molar-refractivity contribution < 1.29 is 24.2 Å². The largest absolute Gasteiger partial charge is 0.493 e. The number of rotatable bonds is 8. The number of nitrogens with one attached hydrogen (secondary N) is 1. The average molecular weight is 363 g/mol. The summed E-state index contributed by atoms with van der Waals surface area (Å²) in [5, 5.41) is 11.9. The summed E-state index contributed by atoms with van der Waals surface area (Å²) in [5.74, 6) is -0.748. The van der Waals surface area contributed by atoms with Gasteiger partial charge in [-0.2, -0.15) is 0 Å². The summed E-state index contributed by atoms with van der Waals surface area (Å²) >= 11 is 1.73. The predicted molar refractivity (Wildman–Crippen MR) is 97.1 cm³/mol. The summed E-state index contributed by atoms with van der Waals surface area (Å²) < 4.78 is 10.4. The van der Waals surface area contributed by atoms with Gasteiger partial charge in [-0.1, -0.05) is 0 Å². The molecule has 0 bridgehead atoms. The third-order valence-electron chi connectivity index (χ3n) is 3.62. The normalized spacial score (nSPS) is 10.4. The van der Waals surface area contributed by atoms with Gasteiger partial charge >= 0.3 is 5.97 Å². The summed E-state index contributed by atoms with van der Waals surface area (Å²) in [6.07, 6.45) is 1.88. The number of anilines is 1. The molecule has 7 heteroatoms. The number of thiophene rings is 1. The Morgan fingerprint density at radius 2 is 1.96 bits per heavy atom. The molecule has 0 unspecified atom stereocenters. The van der Waals surface area contributed by atoms with Gasteiger partial charge in [-0.3, -0.25) is 4.79 Å². The Bertz CT molecular complexity index is 769. The number of aryl methyl sites for hydroxylation is 2. The summed E-state index contributed by atoms with van der Waals surface area (Å²) in [7, 11) is 2.85. The van der Waals surface area contributed by atoms with Crippen molar-refractivity contribution in [2.45, 2.75) is 26.2 Å². The molecule has 0 spiro atoms. The van der Waals surface area contributed by atoms with Gasteiger partial charge in [0.25, 0.3) is 0 Å². The van der Waals surface area contributed by atoms with Crippen LogP contribution in [0.1, 0.15) is 33.0 Å². The van der Waals surface area contributed by atoms with Crippen LogP contribution in [0, 0.1) is 6.92 Å². The summed E-state index contributed by atoms with van der Waals surface area (Å²) in [6, 6.07) is 6.86. The number of hydrogen-bond acceptors (Lipinski definition) is 5. The highest BCUT2D eigenvalue weighted by molar-refractivity contribution is 7.11. The fourth-order valence-corrected chi connectivity index (χ4v) is 3.37. The van der Waals surface area contributed by atoms with Crippen molar-refractivity contribution in [3.63, 3.8) is 0 Å². The molecule has 0 aliphatic carbocycles. The van der Waals surface area contributed by atoms with E-state index in [9.17, 15) is 14.7 Å². The SMILES string of the molecule is COc1cc(C(=O)O)cc(NC(=O)CCCc2ccc(C)s2)c1OC. The molecule has 134 valence electrons. The lowest BCUT2D eigenvalue weighted by Crippen LogP contribution is -2.13. The Balaban J connectivity index is 2.05. The highest BCUT2D eigenvalue weighted by Crippen LogP contribution is 2.36. The molecule has 6 nitrogen and oxygen atoms in total. The summed E-state index contributed by atoms with van der Waals surface area (Å²) in [6.45, 7) is 2.05. The minimum absolute atomic E-state index is 0.0158. The molecule has 25 heavy (non-hydrogen) atoms. The Morgan fingerprint density at radius 3 is 2.52 bits per heavy atom. The second kappa shape index (κ2) is 8.53. The Morgan fingerprint density at radius 1 is 1.20 bits per heavy atom. The van der Waals surface area contributed by atoms with E-state index < -0.39 is 5.97 Å². The highest BCUT2D eigenvalue weighted by atomic mass is 32.1. The van der Waals surface area contributed by atoms with E-state index in [0.717, 1.165) is 6.42 Å². The number of hydrogen-bond donors (Lipinski definition) is 2. The molecular formula is C18H21NO5S. The second-order valence-corrected chi connectivity index (χ2v) is 6.85. The smallest absolute Gasteiger partial charge is 0.335 e. The molecule has 1 aromatic carbocycles. The topological polar surface area (TPSA) is 84.9 Å². The van der Waals surface area contributed by atoms with E-state index in [4.69, 9.17) is 9.47 Å². The molecule has 1 aromatic heterocycles. The zero-order valence-electron chi connectivity index (χ0n) is 14.4. The van der Waals surface area contributed by atoms with Crippen LogP contribution in [0.3, 0.4) is 0 Å². The van der Waals surface area contributed by atoms with Crippen LogP contribution >= 0.6 is 11.3 Å². The van der Waals surface area contributed by atoms with Crippen molar-refractivity contribution in [1.29, 1.82) is 0 Å². The van der Waals surface area contributed by atoms with Gasteiger partial charge in [-0.25, -0.2) is 4.79 Å². The molecule has 2 rings (SSSR count). The van der Waals surface area contributed by atoms with Crippen LogP contribution in [0.5, 0.6) is 11.5 Å². The lowest BCUT2D eigenvalue weighted by molar-refractivity contribution is -0.116. The molecule has 0 atom stereocenters. The molecule has 0 fully saturated rings. The quantitative estimate of drug-likeness (QED) is 0.746. The van der Waals surface area contributed by atoms with Gasteiger partial charge in [-0.15, -0.1) is 11.3 Å². The summed E-state index contributed by atoms with van der Waals surface area (Å²) in [4.78, 5) is 25.9. The van der Waals surface area contributed by atoms with Crippen LogP contribution in [-0.2, 0) is 11.2 Å². The van der Waals surface area contributed by atoms with E-state index in [1.807, 2.05) is 0 Å². The molecule has 1 heterocycles. The van der Waals surface area contributed by atoms with Crippen LogP contribution in [0.25, 0.3) is 0 Å². The van der Waals surface area contributed by atoms with Gasteiger partial charge in [0.05, 0.1) is 25.5 Å². The standard InChI is InChI=1S/C18H21NO5S/c1-11-7-8-13(25-11)5-4-6-16(20)19-14-9-12(18(21)22)10-15(23-2)17(14)24-3/h7-10H,4-6H2,1-3H3,(H,19,20)(H,21,22). The zero-order valence-corrected chi connectivity index (χ0v) is 15.2. The first-order valence-electron chi connectivity index (χ1n) is 7.79. The minimum atomic E-state index is -1.11. The van der Waals surface area contributed by atoms with Gasteiger partial charge in [0.1, 0.15) is 0 Å². The molecular weight excluding hydrogens is 342 g/mol. The number of amides is 1. The molecule has 2 aromatic rings. The average Bonchev–Trinajstić information content (AvgIpc) is 2.99. The number of aromatic carboxylic acids is 1. The van der Waals surface area contributed by atoms with E-state index >= 15 is 0 Å². The Kier molecular flexibility index (Phi) is 6.41. The number of ether oxygens (including phenoxy) is 2. The first-order chi connectivity index (χ1) is 11.9. The van der Waals surface area contributed by atoms with Crippen molar-refractivity contribution in [3.05, 3.63) is 39.6 Å². The van der Waals surface area contributed by atoms with E-state index in [1.165, 1.54) is 36.1 Å². The fraction of sp³-hybridized carbons (Fsp3) is 0.333. The Hall–Kier alpha value is -2.54. The second-order valence-electron chi connectivity index (χ2n) is 5.48. The van der Waals surface area contributed by atoms with Crippen LogP contribution < -0.4 is 14.8 Å². The monoisotopic (exact) mass is 363 g/mol. The number of methoxy groups -OCH3 is 2. The number of carboxylic acids is 1. The number of carboxylic acid groups (broad SMARTS) is 1. The maximum atomic E-state index is 12.2. The van der Waals surface area contributed by atoms with Crippen molar-refractivity contribution in [3.8, 4) is 11.5 Å². The first kappa shape index (κ1) is 18.8. The third-order valence-corrected chi connectivity index (χ3v) is 4.68. The van der Waals surface area contributed by atoms with E-state index in [-0.39, 0.29) is 22.9 Å². The number of carbonyl (C=O) groups is 2. The third kappa shape index (κ3) is 4.96. The van der Waals surface area contributed by atoms with Crippen LogP contribution in [0.4, 0.5) is 5.69 Å². The van der Waals surface area contributed by atoms with E-state index in [1.54, 1.807) is 11.3 Å². The van der Waals surface area contributed by atoms with E-state index in [0.29, 0.717) is 18.6 Å².